The largest absolute Gasteiger partial charge is 0.326 e. The van der Waals surface area contributed by atoms with Crippen molar-refractivity contribution in [2.45, 2.75) is 51.9 Å². The van der Waals surface area contributed by atoms with Gasteiger partial charge in [-0.25, -0.2) is 0 Å². The molecule has 1 nitrogen and oxygen atoms in total. The van der Waals surface area contributed by atoms with Crippen molar-refractivity contribution < 1.29 is 0 Å². The maximum Gasteiger partial charge on any atom is 0.0446 e. The first kappa shape index (κ1) is 16.0. The van der Waals surface area contributed by atoms with Crippen molar-refractivity contribution in [2.75, 3.05) is 4.72 Å². The summed E-state index contributed by atoms with van der Waals surface area (Å²) in [5.74, 6) is 0. The zero-order chi connectivity index (χ0) is 15.6. The van der Waals surface area contributed by atoms with Gasteiger partial charge < -0.3 is 4.72 Å². The molecule has 2 aromatic carbocycles. The lowest BCUT2D eigenvalue weighted by molar-refractivity contribution is 0.586. The fraction of sp³-hybridized carbons (Fsp3) is 0.368. The topological polar surface area (TPSA) is 12.0 Å². The quantitative estimate of drug-likeness (QED) is 0.695. The van der Waals surface area contributed by atoms with Gasteiger partial charge in [-0.2, -0.15) is 0 Å². The van der Waals surface area contributed by atoms with Gasteiger partial charge in [0.05, 0.1) is 0 Å². The SMILES string of the molecule is Cc1ccc(C)c(SNc2ccc(C(C)(C)C)c(C)c2)c1. The second-order valence-electron chi connectivity index (χ2n) is 6.75. The van der Waals surface area contributed by atoms with E-state index < -0.39 is 0 Å². The minimum atomic E-state index is 0.197. The van der Waals surface area contributed by atoms with Crippen molar-refractivity contribution in [3.8, 4) is 0 Å². The van der Waals surface area contributed by atoms with E-state index in [-0.39, 0.29) is 5.41 Å². The van der Waals surface area contributed by atoms with Crippen LogP contribution in [0.4, 0.5) is 5.69 Å². The summed E-state index contributed by atoms with van der Waals surface area (Å²) in [6, 6.07) is 13.2. The molecule has 0 fully saturated rings. The summed E-state index contributed by atoms with van der Waals surface area (Å²) in [5.41, 5.74) is 6.71. The van der Waals surface area contributed by atoms with Gasteiger partial charge in [0.15, 0.2) is 0 Å². The summed E-state index contributed by atoms with van der Waals surface area (Å²) >= 11 is 1.69. The van der Waals surface area contributed by atoms with Crippen molar-refractivity contribution in [1.82, 2.24) is 0 Å². The lowest BCUT2D eigenvalue weighted by atomic mass is 9.84. The van der Waals surface area contributed by atoms with Crippen LogP contribution in [0.25, 0.3) is 0 Å². The molecule has 0 aliphatic heterocycles. The van der Waals surface area contributed by atoms with Crippen LogP contribution in [-0.2, 0) is 5.41 Å². The Kier molecular flexibility index (Phi) is 4.67. The van der Waals surface area contributed by atoms with Crippen molar-refractivity contribution >= 4 is 17.6 Å². The van der Waals surface area contributed by atoms with Crippen LogP contribution in [-0.4, -0.2) is 0 Å². The van der Waals surface area contributed by atoms with Gasteiger partial charge in [0, 0.05) is 10.6 Å². The Hall–Kier alpha value is -1.41. The number of anilines is 1. The first-order valence-corrected chi connectivity index (χ1v) is 8.20. The maximum absolute atomic E-state index is 3.47. The van der Waals surface area contributed by atoms with Crippen LogP contribution >= 0.6 is 11.9 Å². The number of hydrogen-bond donors (Lipinski definition) is 1. The van der Waals surface area contributed by atoms with Crippen molar-refractivity contribution in [3.05, 3.63) is 58.7 Å². The Morgan fingerprint density at radius 3 is 2.19 bits per heavy atom. The molecule has 21 heavy (non-hydrogen) atoms. The van der Waals surface area contributed by atoms with Gasteiger partial charge in [-0.3, -0.25) is 0 Å². The van der Waals surface area contributed by atoms with Crippen LogP contribution in [0.3, 0.4) is 0 Å². The molecule has 0 saturated heterocycles. The molecule has 2 rings (SSSR count). The average molecular weight is 299 g/mol. The zero-order valence-corrected chi connectivity index (χ0v) is 14.7. The molecule has 0 heterocycles. The monoisotopic (exact) mass is 299 g/mol. The summed E-state index contributed by atoms with van der Waals surface area (Å²) in [4.78, 5) is 1.28. The van der Waals surface area contributed by atoms with E-state index in [1.54, 1.807) is 11.9 Å². The van der Waals surface area contributed by atoms with Crippen molar-refractivity contribution in [1.29, 1.82) is 0 Å². The standard InChI is InChI=1S/C19H25NS/c1-13-7-8-14(2)18(11-13)21-20-16-9-10-17(15(3)12-16)19(4,5)6/h7-12,20H,1-6H3. The Labute approximate surface area is 133 Å². The van der Waals surface area contributed by atoms with Crippen LogP contribution in [0.2, 0.25) is 0 Å². The molecule has 2 aromatic rings. The molecule has 0 bridgehead atoms. The molecule has 0 spiro atoms. The fourth-order valence-electron chi connectivity index (χ4n) is 2.50. The molecule has 1 N–H and O–H groups in total. The van der Waals surface area contributed by atoms with E-state index in [0.717, 1.165) is 5.69 Å². The van der Waals surface area contributed by atoms with Crippen molar-refractivity contribution in [3.63, 3.8) is 0 Å². The van der Waals surface area contributed by atoms with E-state index in [9.17, 15) is 0 Å². The lowest BCUT2D eigenvalue weighted by Crippen LogP contribution is -2.12. The van der Waals surface area contributed by atoms with Gasteiger partial charge in [-0.1, -0.05) is 39.0 Å². The molecular formula is C19H25NS. The Morgan fingerprint density at radius 2 is 1.57 bits per heavy atom. The first-order valence-electron chi connectivity index (χ1n) is 7.38. The number of hydrogen-bond acceptors (Lipinski definition) is 2. The highest BCUT2D eigenvalue weighted by atomic mass is 32.2. The minimum Gasteiger partial charge on any atom is -0.326 e. The first-order chi connectivity index (χ1) is 9.77. The van der Waals surface area contributed by atoms with E-state index in [2.05, 4.69) is 82.7 Å². The maximum atomic E-state index is 3.47. The Morgan fingerprint density at radius 1 is 0.857 bits per heavy atom. The molecule has 0 radical (unpaired) electrons. The molecule has 0 aliphatic carbocycles. The summed E-state index contributed by atoms with van der Waals surface area (Å²) in [5, 5.41) is 0. The van der Waals surface area contributed by atoms with E-state index in [4.69, 9.17) is 0 Å². The molecule has 2 heteroatoms. The zero-order valence-electron chi connectivity index (χ0n) is 13.9. The summed E-state index contributed by atoms with van der Waals surface area (Å²) in [7, 11) is 0. The van der Waals surface area contributed by atoms with Crippen LogP contribution in [0.15, 0.2) is 41.3 Å². The molecule has 112 valence electrons. The molecule has 0 amide bonds. The third-order valence-electron chi connectivity index (χ3n) is 3.66. The van der Waals surface area contributed by atoms with Gasteiger partial charge in [-0.05, 0) is 78.6 Å². The van der Waals surface area contributed by atoms with Crippen LogP contribution < -0.4 is 4.72 Å². The molecule has 0 aliphatic rings. The smallest absolute Gasteiger partial charge is 0.0446 e. The normalized spacial score (nSPS) is 11.5. The van der Waals surface area contributed by atoms with Gasteiger partial charge >= 0.3 is 0 Å². The molecule has 0 aromatic heterocycles. The van der Waals surface area contributed by atoms with Gasteiger partial charge in [0.1, 0.15) is 0 Å². The summed E-state index contributed by atoms with van der Waals surface area (Å²) < 4.78 is 3.47. The third kappa shape index (κ3) is 4.04. The highest BCUT2D eigenvalue weighted by Crippen LogP contribution is 2.30. The van der Waals surface area contributed by atoms with Gasteiger partial charge in [-0.15, -0.1) is 0 Å². The number of aryl methyl sites for hydroxylation is 3. The minimum absolute atomic E-state index is 0.197. The summed E-state index contributed by atoms with van der Waals surface area (Å²) in [6.07, 6.45) is 0. The number of benzene rings is 2. The van der Waals surface area contributed by atoms with Crippen LogP contribution in [0.5, 0.6) is 0 Å². The van der Waals surface area contributed by atoms with E-state index in [0.29, 0.717) is 0 Å². The Bertz CT molecular complexity index is 638. The highest BCUT2D eigenvalue weighted by Gasteiger charge is 2.16. The highest BCUT2D eigenvalue weighted by molar-refractivity contribution is 8.00. The van der Waals surface area contributed by atoms with Crippen LogP contribution in [0, 0.1) is 20.8 Å². The second-order valence-corrected chi connectivity index (χ2v) is 7.60. The summed E-state index contributed by atoms with van der Waals surface area (Å²) in [6.45, 7) is 13.2. The Balaban J connectivity index is 2.14. The predicted molar refractivity (Wildman–Crippen MR) is 95.3 cm³/mol. The van der Waals surface area contributed by atoms with Crippen molar-refractivity contribution in [2.24, 2.45) is 0 Å². The predicted octanol–water partition coefficient (Wildman–Crippen LogP) is 6.03. The second kappa shape index (κ2) is 6.15. The molecular weight excluding hydrogens is 274 g/mol. The molecule has 0 unspecified atom stereocenters. The van der Waals surface area contributed by atoms with E-state index in [1.165, 1.54) is 27.1 Å². The third-order valence-corrected chi connectivity index (χ3v) is 4.65. The van der Waals surface area contributed by atoms with Crippen LogP contribution in [0.1, 0.15) is 43.0 Å². The van der Waals surface area contributed by atoms with Gasteiger partial charge in [0.25, 0.3) is 0 Å². The van der Waals surface area contributed by atoms with E-state index >= 15 is 0 Å². The molecule has 0 atom stereocenters. The average Bonchev–Trinajstić information content (AvgIpc) is 2.38. The number of rotatable bonds is 3. The number of nitrogens with one attached hydrogen (secondary N) is 1. The van der Waals surface area contributed by atoms with E-state index in [1.807, 2.05) is 0 Å². The van der Waals surface area contributed by atoms with Gasteiger partial charge in [0.2, 0.25) is 0 Å². The fourth-order valence-corrected chi connectivity index (χ4v) is 3.33. The molecule has 0 saturated carbocycles. The lowest BCUT2D eigenvalue weighted by Gasteiger charge is -2.22.